The molecular formula is C15H27N3O2S. The number of hydrogen-bond donors (Lipinski definition) is 1. The molecule has 1 atom stereocenters. The van der Waals surface area contributed by atoms with Crippen molar-refractivity contribution in [3.63, 3.8) is 0 Å². The molecule has 0 radical (unpaired) electrons. The van der Waals surface area contributed by atoms with Crippen molar-refractivity contribution in [3.05, 3.63) is 11.9 Å². The number of carbonyl (C=O) groups is 1. The van der Waals surface area contributed by atoms with E-state index in [0.29, 0.717) is 6.04 Å². The first kappa shape index (κ1) is 18.0. The van der Waals surface area contributed by atoms with Gasteiger partial charge in [0.25, 0.3) is 0 Å². The van der Waals surface area contributed by atoms with Gasteiger partial charge in [0.2, 0.25) is 0 Å². The fourth-order valence-electron chi connectivity index (χ4n) is 2.13. The number of aliphatic carboxylic acids is 1. The van der Waals surface area contributed by atoms with E-state index in [4.69, 9.17) is 5.11 Å². The molecule has 1 unspecified atom stereocenters. The molecule has 0 fully saturated rings. The van der Waals surface area contributed by atoms with Gasteiger partial charge in [-0.2, -0.15) is 0 Å². The van der Waals surface area contributed by atoms with Gasteiger partial charge in [0.05, 0.1) is 5.75 Å². The van der Waals surface area contributed by atoms with E-state index in [9.17, 15) is 4.79 Å². The monoisotopic (exact) mass is 313 g/mol. The Morgan fingerprint density at radius 3 is 2.57 bits per heavy atom. The number of hydrogen-bond acceptors (Lipinski definition) is 4. The molecule has 1 rings (SSSR count). The van der Waals surface area contributed by atoms with Crippen LogP contribution in [0.1, 0.15) is 45.9 Å². The fraction of sp³-hybridized carbons (Fsp3) is 0.733. The van der Waals surface area contributed by atoms with Crippen LogP contribution in [0.2, 0.25) is 0 Å². The molecule has 0 saturated heterocycles. The highest BCUT2D eigenvalue weighted by atomic mass is 32.2. The first-order chi connectivity index (χ1) is 9.62. The number of nitrogens with zero attached hydrogens (tertiary/aromatic N) is 3. The first-order valence-corrected chi connectivity index (χ1v) is 8.18. The molecule has 1 aromatic rings. The van der Waals surface area contributed by atoms with Crippen LogP contribution in [-0.4, -0.2) is 51.9 Å². The summed E-state index contributed by atoms with van der Waals surface area (Å²) in [5.74, 6) is -0.770. The molecule has 1 aromatic heterocycles. The van der Waals surface area contributed by atoms with Crippen LogP contribution < -0.4 is 0 Å². The summed E-state index contributed by atoms with van der Waals surface area (Å²) in [6, 6.07) is 0.292. The van der Waals surface area contributed by atoms with Gasteiger partial charge in [0.1, 0.15) is 0 Å². The number of thioether (sulfide) groups is 1. The highest BCUT2D eigenvalue weighted by Gasteiger charge is 2.24. The second-order valence-corrected chi connectivity index (χ2v) is 7.61. The summed E-state index contributed by atoms with van der Waals surface area (Å²) in [6.45, 7) is 9.64. The molecule has 1 N–H and O–H groups in total. The molecule has 0 aliphatic rings. The fourth-order valence-corrected chi connectivity index (χ4v) is 2.93. The molecule has 0 aliphatic carbocycles. The summed E-state index contributed by atoms with van der Waals surface area (Å²) >= 11 is 1.29. The standard InChI is InChI=1S/C15H27N3O2S/c1-11(7-8-17(5)6)18-12(15(2,3)4)9-16-14(18)21-10-13(19)20/h9,11H,7-8,10H2,1-6H3,(H,19,20). The summed E-state index contributed by atoms with van der Waals surface area (Å²) in [4.78, 5) is 17.4. The lowest BCUT2D eigenvalue weighted by molar-refractivity contribution is -0.133. The molecule has 0 spiro atoms. The molecular weight excluding hydrogens is 286 g/mol. The Labute approximate surface area is 131 Å². The Hall–Kier alpha value is -1.01. The van der Waals surface area contributed by atoms with Crippen LogP contribution in [0.3, 0.4) is 0 Å². The number of rotatable bonds is 7. The Morgan fingerprint density at radius 1 is 1.48 bits per heavy atom. The molecule has 0 aromatic carbocycles. The summed E-state index contributed by atoms with van der Waals surface area (Å²) in [7, 11) is 4.12. The van der Waals surface area contributed by atoms with Crippen molar-refractivity contribution in [2.24, 2.45) is 0 Å². The maximum Gasteiger partial charge on any atom is 0.313 e. The van der Waals surface area contributed by atoms with Crippen molar-refractivity contribution in [1.82, 2.24) is 14.5 Å². The van der Waals surface area contributed by atoms with E-state index < -0.39 is 5.97 Å². The molecule has 120 valence electrons. The number of imidazole rings is 1. The lowest BCUT2D eigenvalue weighted by Gasteiger charge is -2.26. The minimum Gasteiger partial charge on any atom is -0.481 e. The van der Waals surface area contributed by atoms with Gasteiger partial charge in [-0.3, -0.25) is 4.79 Å². The minimum absolute atomic E-state index is 0.0125. The predicted molar refractivity (Wildman–Crippen MR) is 87.2 cm³/mol. The van der Waals surface area contributed by atoms with Gasteiger partial charge in [0.15, 0.2) is 5.16 Å². The molecule has 5 nitrogen and oxygen atoms in total. The molecule has 0 amide bonds. The maximum absolute atomic E-state index is 10.8. The van der Waals surface area contributed by atoms with Gasteiger partial charge in [-0.1, -0.05) is 32.5 Å². The molecule has 0 bridgehead atoms. The van der Waals surface area contributed by atoms with E-state index in [1.165, 1.54) is 11.8 Å². The van der Waals surface area contributed by atoms with E-state index in [0.717, 1.165) is 23.8 Å². The average molecular weight is 313 g/mol. The molecule has 0 saturated carbocycles. The normalized spacial score (nSPS) is 13.7. The summed E-state index contributed by atoms with van der Waals surface area (Å²) in [5, 5.41) is 9.68. The van der Waals surface area contributed by atoms with Gasteiger partial charge in [-0.05, 0) is 34.0 Å². The lowest BCUT2D eigenvalue weighted by atomic mass is 9.92. The zero-order valence-electron chi connectivity index (χ0n) is 13.9. The Balaban J connectivity index is 3.04. The van der Waals surface area contributed by atoms with Gasteiger partial charge in [-0.15, -0.1) is 0 Å². The first-order valence-electron chi connectivity index (χ1n) is 7.20. The summed E-state index contributed by atoms with van der Waals surface area (Å²) in [5.41, 5.74) is 1.14. The number of carboxylic acid groups (broad SMARTS) is 1. The Morgan fingerprint density at radius 2 is 2.10 bits per heavy atom. The SMILES string of the molecule is CC(CCN(C)C)n1c(C(C)(C)C)cnc1SCC(=O)O. The van der Waals surface area contributed by atoms with Crippen LogP contribution in [0.4, 0.5) is 0 Å². The molecule has 1 heterocycles. The molecule has 0 aliphatic heterocycles. The zero-order chi connectivity index (χ0) is 16.2. The largest absolute Gasteiger partial charge is 0.481 e. The van der Waals surface area contributed by atoms with E-state index in [1.807, 2.05) is 6.20 Å². The van der Waals surface area contributed by atoms with Crippen molar-refractivity contribution in [2.75, 3.05) is 26.4 Å². The van der Waals surface area contributed by atoms with E-state index in [2.05, 4.69) is 56.2 Å². The third-order valence-electron chi connectivity index (χ3n) is 3.29. The third-order valence-corrected chi connectivity index (χ3v) is 4.24. The third kappa shape index (κ3) is 5.36. The zero-order valence-corrected chi connectivity index (χ0v) is 14.7. The van der Waals surface area contributed by atoms with Crippen LogP contribution in [0.15, 0.2) is 11.4 Å². The highest BCUT2D eigenvalue weighted by molar-refractivity contribution is 7.99. The van der Waals surface area contributed by atoms with Crippen LogP contribution in [0, 0.1) is 0 Å². The van der Waals surface area contributed by atoms with Crippen LogP contribution in [0.5, 0.6) is 0 Å². The van der Waals surface area contributed by atoms with Crippen LogP contribution in [-0.2, 0) is 10.2 Å². The Bertz CT molecular complexity index is 478. The van der Waals surface area contributed by atoms with Crippen molar-refractivity contribution < 1.29 is 9.90 Å². The number of carboxylic acids is 1. The maximum atomic E-state index is 10.8. The van der Waals surface area contributed by atoms with Crippen molar-refractivity contribution >= 4 is 17.7 Å². The van der Waals surface area contributed by atoms with E-state index in [1.54, 1.807) is 0 Å². The summed E-state index contributed by atoms with van der Waals surface area (Å²) in [6.07, 6.45) is 2.89. The van der Waals surface area contributed by atoms with Gasteiger partial charge in [-0.25, -0.2) is 4.98 Å². The highest BCUT2D eigenvalue weighted by Crippen LogP contribution is 2.31. The second-order valence-electron chi connectivity index (χ2n) is 6.67. The topological polar surface area (TPSA) is 58.4 Å². The second kappa shape index (κ2) is 7.31. The van der Waals surface area contributed by atoms with Crippen molar-refractivity contribution in [3.8, 4) is 0 Å². The average Bonchev–Trinajstić information content (AvgIpc) is 2.77. The van der Waals surface area contributed by atoms with Crippen LogP contribution in [0.25, 0.3) is 0 Å². The van der Waals surface area contributed by atoms with Crippen molar-refractivity contribution in [2.45, 2.75) is 50.7 Å². The number of aromatic nitrogens is 2. The van der Waals surface area contributed by atoms with Crippen molar-refractivity contribution in [1.29, 1.82) is 0 Å². The van der Waals surface area contributed by atoms with Crippen LogP contribution >= 0.6 is 11.8 Å². The predicted octanol–water partition coefficient (Wildman–Crippen LogP) is 2.87. The van der Waals surface area contributed by atoms with E-state index in [-0.39, 0.29) is 11.2 Å². The summed E-state index contributed by atoms with van der Waals surface area (Å²) < 4.78 is 2.21. The van der Waals surface area contributed by atoms with Gasteiger partial charge in [0, 0.05) is 23.3 Å². The molecule has 6 heteroatoms. The van der Waals surface area contributed by atoms with Gasteiger partial charge >= 0.3 is 5.97 Å². The lowest BCUT2D eigenvalue weighted by Crippen LogP contribution is -2.23. The van der Waals surface area contributed by atoms with Gasteiger partial charge < -0.3 is 14.6 Å². The van der Waals surface area contributed by atoms with E-state index >= 15 is 0 Å². The minimum atomic E-state index is -0.812. The Kier molecular flexibility index (Phi) is 6.28. The molecule has 21 heavy (non-hydrogen) atoms. The quantitative estimate of drug-likeness (QED) is 0.784. The smallest absolute Gasteiger partial charge is 0.313 e.